The number of phosphoric acid groups is 1. The summed E-state index contributed by atoms with van der Waals surface area (Å²) in [5.41, 5.74) is 9.11. The second-order valence-corrected chi connectivity index (χ2v) is 15.6. The van der Waals surface area contributed by atoms with Crippen LogP contribution in [0.3, 0.4) is 0 Å². The number of rotatable bonds is 14. The molecule has 1 aliphatic heterocycles. The molecule has 14 nitrogen and oxygen atoms in total. The van der Waals surface area contributed by atoms with E-state index in [0.29, 0.717) is 5.75 Å². The molecule has 0 saturated carbocycles. The van der Waals surface area contributed by atoms with Crippen LogP contribution in [0, 0.1) is 10.8 Å². The van der Waals surface area contributed by atoms with Crippen LogP contribution < -0.4 is 21.9 Å². The van der Waals surface area contributed by atoms with Gasteiger partial charge in [0.25, 0.3) is 5.56 Å². The molecule has 236 valence electrons. The molecule has 0 bridgehead atoms. The number of nitrogens with zero attached hydrogens (tertiary/aromatic N) is 2. The van der Waals surface area contributed by atoms with Crippen LogP contribution in [0.15, 0.2) is 4.79 Å². The molecule has 2 rings (SSSR count). The van der Waals surface area contributed by atoms with Gasteiger partial charge >= 0.3 is 7.82 Å². The molecule has 5 atom stereocenters. The maximum atomic E-state index is 13.5. The van der Waals surface area contributed by atoms with Gasteiger partial charge in [-0.1, -0.05) is 53.3 Å². The van der Waals surface area contributed by atoms with Gasteiger partial charge in [-0.25, -0.2) is 4.57 Å². The van der Waals surface area contributed by atoms with Gasteiger partial charge in [0.2, 0.25) is 5.95 Å². The molecule has 2 heterocycles. The Morgan fingerprint density at radius 1 is 1.20 bits per heavy atom. The van der Waals surface area contributed by atoms with Gasteiger partial charge in [0.1, 0.15) is 17.2 Å². The number of carbonyl (C=O) groups excluding carboxylic acids is 1. The highest BCUT2D eigenvalue weighted by atomic mass is 32.2. The lowest BCUT2D eigenvalue weighted by Gasteiger charge is -2.28. The standard InChI is InChI=1S/C24H44N5O9PS2/c1-23(2,3)20(32)40-10-8-35-39(34,36-9-11-41-21(33)24(4,5)6)37-13-14-12-15(30)19(38-14)29(7)17-16(25)18(31)28-22(26)27-17/h14-15,19-20,30,32H,8-13,25H2,1-7H3,(H3,26,27,28,31)/t14?,15-,19?,20?,39?/m1/s1. The number of aliphatic hydroxyl groups excluding tert-OH is 2. The van der Waals surface area contributed by atoms with E-state index in [-0.39, 0.29) is 60.0 Å². The number of nitrogen functional groups attached to an aromatic ring is 2. The number of carbonyl (C=O) groups is 1. The van der Waals surface area contributed by atoms with Crippen LogP contribution >= 0.6 is 31.3 Å². The Kier molecular flexibility index (Phi) is 13.0. The number of ether oxygens (including phenoxy) is 1. The molecular weight excluding hydrogens is 597 g/mol. The predicted octanol–water partition coefficient (Wildman–Crippen LogP) is 2.41. The van der Waals surface area contributed by atoms with Crippen LogP contribution in [0.4, 0.5) is 17.5 Å². The Hall–Kier alpha value is -1.36. The predicted molar refractivity (Wildman–Crippen MR) is 162 cm³/mol. The zero-order valence-electron chi connectivity index (χ0n) is 24.6. The van der Waals surface area contributed by atoms with Gasteiger partial charge in [-0.15, -0.1) is 11.8 Å². The van der Waals surface area contributed by atoms with Crippen molar-refractivity contribution >= 4 is 53.9 Å². The Morgan fingerprint density at radius 3 is 2.39 bits per heavy atom. The SMILES string of the molecule is CN(c1nc(N)[nH]c(=O)c1N)C1OC(COP(=O)(OCCSC(=O)C(C)(C)C)OCCSC(O)C(C)(C)C)C[C@H]1O. The van der Waals surface area contributed by atoms with Crippen molar-refractivity contribution in [1.82, 2.24) is 9.97 Å². The average Bonchev–Trinajstić information content (AvgIpc) is 3.24. The van der Waals surface area contributed by atoms with Crippen LogP contribution in [0.2, 0.25) is 0 Å². The van der Waals surface area contributed by atoms with Crippen molar-refractivity contribution in [3.8, 4) is 0 Å². The van der Waals surface area contributed by atoms with E-state index in [1.807, 2.05) is 20.8 Å². The fourth-order valence-corrected chi connectivity index (χ4v) is 6.54. The first-order chi connectivity index (χ1) is 18.8. The Labute approximate surface area is 249 Å². The van der Waals surface area contributed by atoms with Crippen LogP contribution in [-0.4, -0.2) is 87.5 Å². The number of likely N-dealkylation sites (N-methyl/N-ethyl adjacent to an activating group) is 1. The van der Waals surface area contributed by atoms with E-state index in [4.69, 9.17) is 29.8 Å². The van der Waals surface area contributed by atoms with Crippen LogP contribution in [0.1, 0.15) is 48.0 Å². The van der Waals surface area contributed by atoms with Gasteiger partial charge in [0.15, 0.2) is 17.2 Å². The highest BCUT2D eigenvalue weighted by Crippen LogP contribution is 2.50. The molecule has 0 amide bonds. The van der Waals surface area contributed by atoms with Crippen molar-refractivity contribution < 1.29 is 37.9 Å². The van der Waals surface area contributed by atoms with Crippen LogP contribution in [0.25, 0.3) is 0 Å². The number of phosphoric ester groups is 1. The first kappa shape index (κ1) is 35.8. The van der Waals surface area contributed by atoms with Gasteiger partial charge in [-0.05, 0) is 5.41 Å². The minimum absolute atomic E-state index is 0.0302. The minimum Gasteiger partial charge on any atom is -0.391 e. The fraction of sp³-hybridized carbons (Fsp3) is 0.792. The number of aliphatic hydroxyl groups is 2. The molecule has 4 unspecified atom stereocenters. The molecule has 0 aliphatic carbocycles. The van der Waals surface area contributed by atoms with Gasteiger partial charge in [0.05, 0.1) is 25.9 Å². The van der Waals surface area contributed by atoms with Gasteiger partial charge in [-0.3, -0.25) is 28.1 Å². The van der Waals surface area contributed by atoms with Crippen LogP contribution in [0.5, 0.6) is 0 Å². The summed E-state index contributed by atoms with van der Waals surface area (Å²) >= 11 is 2.31. The third-order valence-electron chi connectivity index (χ3n) is 5.78. The van der Waals surface area contributed by atoms with Gasteiger partial charge in [-0.2, -0.15) is 4.98 Å². The van der Waals surface area contributed by atoms with E-state index in [2.05, 4.69) is 9.97 Å². The van der Waals surface area contributed by atoms with Crippen LogP contribution in [-0.2, 0) is 27.7 Å². The molecule has 17 heteroatoms. The second kappa shape index (κ2) is 14.9. The van der Waals surface area contributed by atoms with Crippen molar-refractivity contribution in [3.05, 3.63) is 10.4 Å². The lowest BCUT2D eigenvalue weighted by molar-refractivity contribution is -0.117. The van der Waals surface area contributed by atoms with Crippen molar-refractivity contribution in [2.45, 2.75) is 71.8 Å². The van der Waals surface area contributed by atoms with Gasteiger partial charge in [0, 0.05) is 30.4 Å². The second-order valence-electron chi connectivity index (χ2n) is 11.6. The number of hydrogen-bond donors (Lipinski definition) is 5. The third kappa shape index (κ3) is 11.0. The lowest BCUT2D eigenvalue weighted by Crippen LogP contribution is -2.41. The number of H-pyrrole nitrogens is 1. The summed E-state index contributed by atoms with van der Waals surface area (Å²) in [5, 5.41) is 20.8. The fourth-order valence-electron chi connectivity index (χ4n) is 3.41. The maximum absolute atomic E-state index is 13.5. The summed E-state index contributed by atoms with van der Waals surface area (Å²) in [6.07, 6.45) is -2.58. The highest BCUT2D eigenvalue weighted by Gasteiger charge is 2.40. The Morgan fingerprint density at radius 2 is 1.80 bits per heavy atom. The monoisotopic (exact) mass is 641 g/mol. The number of nitrogens with one attached hydrogen (secondary N) is 1. The number of thioether (sulfide) groups is 2. The average molecular weight is 642 g/mol. The molecule has 0 spiro atoms. The van der Waals surface area contributed by atoms with Crippen molar-refractivity contribution in [2.24, 2.45) is 10.8 Å². The zero-order valence-corrected chi connectivity index (χ0v) is 27.1. The molecule has 1 aromatic rings. The first-order valence-electron chi connectivity index (χ1n) is 13.1. The third-order valence-corrected chi connectivity index (χ3v) is 9.91. The quantitative estimate of drug-likeness (QED) is 0.112. The molecule has 1 saturated heterocycles. The molecule has 7 N–H and O–H groups in total. The summed E-state index contributed by atoms with van der Waals surface area (Å²) in [5.74, 6) is 0.450. The largest absolute Gasteiger partial charge is 0.474 e. The molecule has 1 fully saturated rings. The summed E-state index contributed by atoms with van der Waals surface area (Å²) in [6, 6.07) is 0. The molecule has 1 aromatic heterocycles. The van der Waals surface area contributed by atoms with E-state index < -0.39 is 42.7 Å². The first-order valence-corrected chi connectivity index (χ1v) is 16.6. The summed E-state index contributed by atoms with van der Waals surface area (Å²) in [4.78, 5) is 31.9. The Bertz CT molecular complexity index is 1130. The molecule has 0 aromatic carbocycles. The van der Waals surface area contributed by atoms with Crippen molar-refractivity contribution in [2.75, 3.05) is 54.7 Å². The topological polar surface area (TPSA) is 213 Å². The molecular formula is C24H44N5O9PS2. The van der Waals surface area contributed by atoms with Crippen molar-refractivity contribution in [3.63, 3.8) is 0 Å². The molecule has 41 heavy (non-hydrogen) atoms. The summed E-state index contributed by atoms with van der Waals surface area (Å²) < 4.78 is 35.9. The Balaban J connectivity index is 2.01. The molecule has 1 aliphatic rings. The zero-order chi connectivity index (χ0) is 31.2. The van der Waals surface area contributed by atoms with E-state index >= 15 is 0 Å². The number of anilines is 3. The number of aromatic amines is 1. The number of nitrogens with two attached hydrogens (primary N) is 2. The normalized spacial score (nSPS) is 21.9. The van der Waals surface area contributed by atoms with E-state index in [1.54, 1.807) is 20.8 Å². The lowest BCUT2D eigenvalue weighted by atomic mass is 9.98. The van der Waals surface area contributed by atoms with E-state index in [0.717, 1.165) is 11.8 Å². The summed E-state index contributed by atoms with van der Waals surface area (Å²) in [7, 11) is -2.57. The van der Waals surface area contributed by atoms with Gasteiger partial charge < -0.3 is 31.3 Å². The smallest absolute Gasteiger partial charge is 0.391 e. The molecule has 0 radical (unpaired) electrons. The highest BCUT2D eigenvalue weighted by molar-refractivity contribution is 8.13. The van der Waals surface area contributed by atoms with Crippen molar-refractivity contribution in [1.29, 1.82) is 0 Å². The number of aromatic nitrogens is 2. The summed E-state index contributed by atoms with van der Waals surface area (Å²) in [6.45, 7) is 10.8. The van der Waals surface area contributed by atoms with E-state index in [9.17, 15) is 24.4 Å². The van der Waals surface area contributed by atoms with E-state index in [1.165, 1.54) is 23.7 Å². The maximum Gasteiger partial charge on any atom is 0.474 e. The number of hydrogen-bond acceptors (Lipinski definition) is 15. The minimum atomic E-state index is -4.10.